The molecule has 0 atom stereocenters. The second-order valence-electron chi connectivity index (χ2n) is 4.83. The van der Waals surface area contributed by atoms with Crippen molar-refractivity contribution in [1.82, 2.24) is 0 Å². The number of non-ortho nitro benzene ring substituents is 1. The van der Waals surface area contributed by atoms with Crippen LogP contribution < -0.4 is 9.64 Å². The molecule has 0 fully saturated rings. The van der Waals surface area contributed by atoms with Gasteiger partial charge in [-0.2, -0.15) is 0 Å². The summed E-state index contributed by atoms with van der Waals surface area (Å²) in [5.41, 5.74) is 1.88. The van der Waals surface area contributed by atoms with Gasteiger partial charge in [0.1, 0.15) is 5.75 Å². The summed E-state index contributed by atoms with van der Waals surface area (Å²) in [6.07, 6.45) is 0. The molecule has 0 saturated carbocycles. The van der Waals surface area contributed by atoms with E-state index in [1.165, 1.54) is 29.2 Å². The molecule has 0 unspecified atom stereocenters. The van der Waals surface area contributed by atoms with Gasteiger partial charge in [0.05, 0.1) is 4.92 Å². The number of carbonyl (C=O) groups excluding carboxylic acids is 1. The number of hydrogen-bond acceptors (Lipinski definition) is 4. The molecular formula is C16H16N2O4. The Hall–Kier alpha value is -2.89. The third kappa shape index (κ3) is 3.82. The van der Waals surface area contributed by atoms with Crippen molar-refractivity contribution in [2.75, 3.05) is 18.6 Å². The molecule has 0 aliphatic heterocycles. The van der Waals surface area contributed by atoms with Crippen LogP contribution in [0, 0.1) is 17.0 Å². The SMILES string of the molecule is Cc1ccc(N(C)C(=O)COc2ccc([N+](=O)[O-])cc2)cc1. The highest BCUT2D eigenvalue weighted by Crippen LogP contribution is 2.18. The fourth-order valence-corrected chi connectivity index (χ4v) is 1.82. The third-order valence-electron chi connectivity index (χ3n) is 3.21. The Bertz CT molecular complexity index is 666. The first-order chi connectivity index (χ1) is 10.5. The molecule has 0 saturated heterocycles. The minimum absolute atomic E-state index is 0.0181. The molecule has 0 spiro atoms. The van der Waals surface area contributed by atoms with Gasteiger partial charge < -0.3 is 9.64 Å². The molecule has 6 nitrogen and oxygen atoms in total. The van der Waals surface area contributed by atoms with Crippen molar-refractivity contribution in [2.24, 2.45) is 0 Å². The number of nitrogens with zero attached hydrogens (tertiary/aromatic N) is 2. The Balaban J connectivity index is 1.94. The molecule has 0 bridgehead atoms. The van der Waals surface area contributed by atoms with Gasteiger partial charge in [0.15, 0.2) is 6.61 Å². The van der Waals surface area contributed by atoms with Crippen LogP contribution in [-0.2, 0) is 4.79 Å². The highest BCUT2D eigenvalue weighted by molar-refractivity contribution is 5.93. The molecular weight excluding hydrogens is 284 g/mol. The number of amides is 1. The summed E-state index contributed by atoms with van der Waals surface area (Å²) >= 11 is 0. The first kappa shape index (κ1) is 15.5. The molecule has 2 rings (SSSR count). The van der Waals surface area contributed by atoms with E-state index in [9.17, 15) is 14.9 Å². The fraction of sp³-hybridized carbons (Fsp3) is 0.188. The van der Waals surface area contributed by atoms with Crippen molar-refractivity contribution in [3.8, 4) is 5.75 Å². The summed E-state index contributed by atoms with van der Waals surface area (Å²) in [5.74, 6) is 0.207. The van der Waals surface area contributed by atoms with Crippen molar-refractivity contribution < 1.29 is 14.5 Å². The van der Waals surface area contributed by atoms with Crippen molar-refractivity contribution in [1.29, 1.82) is 0 Å². The van der Waals surface area contributed by atoms with Gasteiger partial charge in [0, 0.05) is 24.9 Å². The lowest BCUT2D eigenvalue weighted by atomic mass is 10.2. The number of benzene rings is 2. The zero-order valence-corrected chi connectivity index (χ0v) is 12.4. The molecule has 0 aromatic heterocycles. The molecule has 114 valence electrons. The van der Waals surface area contributed by atoms with Gasteiger partial charge in [-0.25, -0.2) is 0 Å². The summed E-state index contributed by atoms with van der Waals surface area (Å²) in [6, 6.07) is 13.2. The molecule has 0 heterocycles. The molecule has 0 N–H and O–H groups in total. The second-order valence-corrected chi connectivity index (χ2v) is 4.83. The van der Waals surface area contributed by atoms with Crippen LogP contribution in [0.1, 0.15) is 5.56 Å². The maximum Gasteiger partial charge on any atom is 0.269 e. The molecule has 2 aromatic rings. The smallest absolute Gasteiger partial charge is 0.269 e. The van der Waals surface area contributed by atoms with Crippen LogP contribution in [-0.4, -0.2) is 24.5 Å². The number of aryl methyl sites for hydroxylation is 1. The standard InChI is InChI=1S/C16H16N2O4/c1-12-3-5-13(6-4-12)17(2)16(19)11-22-15-9-7-14(8-10-15)18(20)21/h3-10H,11H2,1-2H3. The van der Waals surface area contributed by atoms with Crippen molar-refractivity contribution in [3.05, 3.63) is 64.2 Å². The number of ether oxygens (including phenoxy) is 1. The van der Waals surface area contributed by atoms with Gasteiger partial charge in [0.25, 0.3) is 11.6 Å². The van der Waals surface area contributed by atoms with Crippen LogP contribution in [0.15, 0.2) is 48.5 Å². The highest BCUT2D eigenvalue weighted by atomic mass is 16.6. The van der Waals surface area contributed by atoms with E-state index in [1.54, 1.807) is 7.05 Å². The van der Waals surface area contributed by atoms with E-state index in [0.29, 0.717) is 5.75 Å². The van der Waals surface area contributed by atoms with Crippen LogP contribution in [0.2, 0.25) is 0 Å². The predicted molar refractivity (Wildman–Crippen MR) is 83.2 cm³/mol. The predicted octanol–water partition coefficient (Wildman–Crippen LogP) is 2.95. The van der Waals surface area contributed by atoms with E-state index in [4.69, 9.17) is 4.74 Å². The van der Waals surface area contributed by atoms with Crippen LogP contribution in [0.5, 0.6) is 5.75 Å². The minimum atomic E-state index is -0.486. The van der Waals surface area contributed by atoms with Gasteiger partial charge in [-0.1, -0.05) is 17.7 Å². The zero-order chi connectivity index (χ0) is 16.1. The molecule has 0 aliphatic carbocycles. The summed E-state index contributed by atoms with van der Waals surface area (Å²) in [5, 5.41) is 10.6. The average molecular weight is 300 g/mol. The van der Waals surface area contributed by atoms with Gasteiger partial charge in [-0.05, 0) is 31.2 Å². The van der Waals surface area contributed by atoms with E-state index < -0.39 is 4.92 Å². The molecule has 2 aromatic carbocycles. The van der Waals surface area contributed by atoms with E-state index in [0.717, 1.165) is 11.3 Å². The quantitative estimate of drug-likeness (QED) is 0.628. The Kier molecular flexibility index (Phi) is 4.73. The fourth-order valence-electron chi connectivity index (χ4n) is 1.82. The monoisotopic (exact) mass is 300 g/mol. The largest absolute Gasteiger partial charge is 0.484 e. The Morgan fingerprint density at radius 1 is 1.14 bits per heavy atom. The first-order valence-corrected chi connectivity index (χ1v) is 6.68. The van der Waals surface area contributed by atoms with Gasteiger partial charge >= 0.3 is 0 Å². The molecule has 0 aliphatic rings. The molecule has 6 heteroatoms. The lowest BCUT2D eigenvalue weighted by molar-refractivity contribution is -0.384. The number of likely N-dealkylation sites (N-methyl/N-ethyl adjacent to an activating group) is 1. The summed E-state index contributed by atoms with van der Waals surface area (Å²) in [4.78, 5) is 23.6. The number of rotatable bonds is 5. The van der Waals surface area contributed by atoms with Crippen molar-refractivity contribution in [2.45, 2.75) is 6.92 Å². The molecule has 0 radical (unpaired) electrons. The van der Waals surface area contributed by atoms with E-state index in [-0.39, 0.29) is 18.2 Å². The number of anilines is 1. The summed E-state index contributed by atoms with van der Waals surface area (Å²) in [6.45, 7) is 1.84. The van der Waals surface area contributed by atoms with Gasteiger partial charge in [0.2, 0.25) is 0 Å². The molecule has 1 amide bonds. The lowest BCUT2D eigenvalue weighted by Gasteiger charge is -2.17. The second kappa shape index (κ2) is 6.71. The van der Waals surface area contributed by atoms with E-state index in [1.807, 2.05) is 31.2 Å². The Labute approximate surface area is 128 Å². The number of nitro benzene ring substituents is 1. The van der Waals surface area contributed by atoms with Crippen molar-refractivity contribution in [3.63, 3.8) is 0 Å². The number of nitro groups is 1. The molecule has 22 heavy (non-hydrogen) atoms. The van der Waals surface area contributed by atoms with E-state index in [2.05, 4.69) is 0 Å². The number of hydrogen-bond donors (Lipinski definition) is 0. The highest BCUT2D eigenvalue weighted by Gasteiger charge is 2.12. The minimum Gasteiger partial charge on any atom is -0.484 e. The topological polar surface area (TPSA) is 72.7 Å². The Morgan fingerprint density at radius 2 is 1.73 bits per heavy atom. The maximum absolute atomic E-state index is 12.1. The van der Waals surface area contributed by atoms with Crippen LogP contribution in [0.4, 0.5) is 11.4 Å². The van der Waals surface area contributed by atoms with Crippen molar-refractivity contribution >= 4 is 17.3 Å². The summed E-state index contributed by atoms with van der Waals surface area (Å²) < 4.78 is 5.36. The Morgan fingerprint density at radius 3 is 2.27 bits per heavy atom. The maximum atomic E-state index is 12.1. The first-order valence-electron chi connectivity index (χ1n) is 6.68. The average Bonchev–Trinajstić information content (AvgIpc) is 2.53. The third-order valence-corrected chi connectivity index (χ3v) is 3.21. The summed E-state index contributed by atoms with van der Waals surface area (Å²) in [7, 11) is 1.67. The van der Waals surface area contributed by atoms with Gasteiger partial charge in [-0.15, -0.1) is 0 Å². The van der Waals surface area contributed by atoms with Gasteiger partial charge in [-0.3, -0.25) is 14.9 Å². The van der Waals surface area contributed by atoms with E-state index >= 15 is 0 Å². The zero-order valence-electron chi connectivity index (χ0n) is 12.4. The van der Waals surface area contributed by atoms with Crippen LogP contribution in [0.25, 0.3) is 0 Å². The lowest BCUT2D eigenvalue weighted by Crippen LogP contribution is -2.31. The van der Waals surface area contributed by atoms with Crippen LogP contribution >= 0.6 is 0 Å². The van der Waals surface area contributed by atoms with Crippen LogP contribution in [0.3, 0.4) is 0 Å². The normalized spacial score (nSPS) is 10.1. The number of carbonyl (C=O) groups is 1.